The lowest BCUT2D eigenvalue weighted by Gasteiger charge is -2.25. The van der Waals surface area contributed by atoms with Gasteiger partial charge in [0.15, 0.2) is 23.5 Å². The highest BCUT2D eigenvalue weighted by molar-refractivity contribution is 5.80. The molecule has 4 aromatic rings. The fourth-order valence-corrected chi connectivity index (χ4v) is 5.47. The molecule has 3 aliphatic rings. The maximum Gasteiger partial charge on any atom is 0.424 e. The fraction of sp³-hybridized carbons (Fsp3) is 0.120. The lowest BCUT2D eigenvalue weighted by Crippen LogP contribution is -2.71. The van der Waals surface area contributed by atoms with Gasteiger partial charge in [0.2, 0.25) is 11.4 Å². The van der Waals surface area contributed by atoms with Gasteiger partial charge in [-0.2, -0.15) is 0 Å². The first-order valence-electron chi connectivity index (χ1n) is 9.71. The van der Waals surface area contributed by atoms with Gasteiger partial charge in [0.25, 0.3) is 0 Å². The number of nitrogens with zero attached hydrogens (tertiary/aromatic N) is 2. The van der Waals surface area contributed by atoms with Gasteiger partial charge < -0.3 is 4.74 Å². The molecule has 0 radical (unpaired) electrons. The van der Waals surface area contributed by atoms with E-state index in [0.29, 0.717) is 0 Å². The summed E-state index contributed by atoms with van der Waals surface area (Å²) in [7, 11) is 0. The molecule has 1 spiro atoms. The smallest absolute Gasteiger partial charge is 0.424 e. The highest BCUT2D eigenvalue weighted by Gasteiger charge is 2.70. The number of aryl methyl sites for hydroxylation is 2. The summed E-state index contributed by atoms with van der Waals surface area (Å²) in [5, 5.41) is 0. The first-order valence-corrected chi connectivity index (χ1v) is 9.71. The quantitative estimate of drug-likeness (QED) is 0.369. The summed E-state index contributed by atoms with van der Waals surface area (Å²) in [4.78, 5) is 0. The predicted octanol–water partition coefficient (Wildman–Crippen LogP) is 4.24. The Balaban J connectivity index is 1.79. The normalized spacial score (nSPS) is 18.8. The van der Waals surface area contributed by atoms with E-state index in [2.05, 4.69) is 96.0 Å². The number of hydrogen-bond donors (Lipinski definition) is 0. The van der Waals surface area contributed by atoms with E-state index in [0.717, 1.165) is 11.5 Å². The molecule has 7 rings (SSSR count). The van der Waals surface area contributed by atoms with Gasteiger partial charge in [0.05, 0.1) is 11.1 Å². The zero-order chi connectivity index (χ0) is 18.6. The van der Waals surface area contributed by atoms with E-state index >= 15 is 0 Å². The Morgan fingerprint density at radius 3 is 2.46 bits per heavy atom. The van der Waals surface area contributed by atoms with Gasteiger partial charge in [-0.05, 0) is 55.3 Å². The Hall–Kier alpha value is -3.46. The molecule has 0 saturated carbocycles. The Morgan fingerprint density at radius 2 is 1.54 bits per heavy atom. The van der Waals surface area contributed by atoms with Crippen LogP contribution in [0.25, 0.3) is 22.5 Å². The zero-order valence-electron chi connectivity index (χ0n) is 15.7. The van der Waals surface area contributed by atoms with Gasteiger partial charge in [-0.25, -0.2) is 0 Å². The first-order chi connectivity index (χ1) is 13.7. The molecule has 5 heterocycles. The molecule has 2 aromatic carbocycles. The highest BCUT2D eigenvalue weighted by Crippen LogP contribution is 2.57. The summed E-state index contributed by atoms with van der Waals surface area (Å²) >= 11 is 0. The Bertz CT molecular complexity index is 1370. The molecule has 2 aromatic heterocycles. The van der Waals surface area contributed by atoms with Crippen molar-refractivity contribution >= 4 is 0 Å². The van der Waals surface area contributed by atoms with Crippen LogP contribution in [0.2, 0.25) is 0 Å². The summed E-state index contributed by atoms with van der Waals surface area (Å²) in [5.74, 6) is 1.91. The molecule has 1 unspecified atom stereocenters. The minimum absolute atomic E-state index is 0.428. The van der Waals surface area contributed by atoms with Crippen LogP contribution in [-0.4, -0.2) is 0 Å². The van der Waals surface area contributed by atoms with Crippen molar-refractivity contribution in [2.75, 3.05) is 0 Å². The summed E-state index contributed by atoms with van der Waals surface area (Å²) in [5.41, 5.74) is 9.53. The van der Waals surface area contributed by atoms with Gasteiger partial charge in [-0.15, -0.1) is 9.13 Å². The number of benzene rings is 2. The van der Waals surface area contributed by atoms with Crippen LogP contribution in [-0.2, 0) is 5.66 Å². The first kappa shape index (κ1) is 14.6. The lowest BCUT2D eigenvalue weighted by atomic mass is 9.86. The van der Waals surface area contributed by atoms with Crippen molar-refractivity contribution in [3.8, 4) is 34.0 Å². The third-order valence-corrected chi connectivity index (χ3v) is 6.41. The fourth-order valence-electron chi connectivity index (χ4n) is 5.47. The molecule has 132 valence electrons. The van der Waals surface area contributed by atoms with Crippen LogP contribution >= 0.6 is 0 Å². The minimum atomic E-state index is -0.428. The van der Waals surface area contributed by atoms with Crippen LogP contribution < -0.4 is 13.9 Å². The van der Waals surface area contributed by atoms with Crippen molar-refractivity contribution in [3.05, 3.63) is 95.3 Å². The van der Waals surface area contributed by atoms with Crippen molar-refractivity contribution in [1.82, 2.24) is 0 Å². The van der Waals surface area contributed by atoms with Crippen molar-refractivity contribution in [2.45, 2.75) is 19.5 Å². The third-order valence-electron chi connectivity index (χ3n) is 6.41. The van der Waals surface area contributed by atoms with Gasteiger partial charge in [-0.1, -0.05) is 6.07 Å². The third kappa shape index (κ3) is 1.40. The van der Waals surface area contributed by atoms with Gasteiger partial charge >= 0.3 is 5.66 Å². The summed E-state index contributed by atoms with van der Waals surface area (Å²) in [6.45, 7) is 4.31. The second-order valence-electron chi connectivity index (χ2n) is 8.05. The molecule has 0 saturated heterocycles. The predicted molar refractivity (Wildman–Crippen MR) is 105 cm³/mol. The van der Waals surface area contributed by atoms with Crippen molar-refractivity contribution < 1.29 is 13.9 Å². The molecule has 0 N–H and O–H groups in total. The standard InChI is InChI=1S/C25H18N2O/c1-15-9-11-27-20(13-15)18-12-16(2)14-22-24(18)25(27)23-17(6-5-8-21(23)28-22)19-7-3-4-10-26(19)25/h3-14H,1-2H3/q+2. The molecule has 3 nitrogen and oxygen atoms in total. The van der Waals surface area contributed by atoms with E-state index in [-0.39, 0.29) is 0 Å². The summed E-state index contributed by atoms with van der Waals surface area (Å²) < 4.78 is 11.4. The average molecular weight is 362 g/mol. The van der Waals surface area contributed by atoms with Crippen LogP contribution in [0.4, 0.5) is 0 Å². The molecule has 0 fully saturated rings. The van der Waals surface area contributed by atoms with Crippen molar-refractivity contribution in [2.24, 2.45) is 0 Å². The van der Waals surface area contributed by atoms with Gasteiger partial charge in [-0.3, -0.25) is 0 Å². The number of ether oxygens (including phenoxy) is 1. The molecule has 3 aliphatic heterocycles. The van der Waals surface area contributed by atoms with Crippen LogP contribution in [0.15, 0.2) is 73.1 Å². The second kappa shape index (κ2) is 4.50. The number of hydrogen-bond acceptors (Lipinski definition) is 1. The van der Waals surface area contributed by atoms with E-state index < -0.39 is 5.66 Å². The maximum atomic E-state index is 6.50. The topological polar surface area (TPSA) is 17.0 Å². The monoisotopic (exact) mass is 362 g/mol. The molecule has 1 atom stereocenters. The number of rotatable bonds is 0. The zero-order valence-corrected chi connectivity index (χ0v) is 15.7. The summed E-state index contributed by atoms with van der Waals surface area (Å²) in [6.07, 6.45) is 4.45. The molecule has 3 heteroatoms. The van der Waals surface area contributed by atoms with Crippen molar-refractivity contribution in [1.29, 1.82) is 0 Å². The molecule has 0 bridgehead atoms. The van der Waals surface area contributed by atoms with Crippen molar-refractivity contribution in [3.63, 3.8) is 0 Å². The van der Waals surface area contributed by atoms with Crippen LogP contribution in [0.3, 0.4) is 0 Å². The lowest BCUT2D eigenvalue weighted by molar-refractivity contribution is -0.955. The van der Waals surface area contributed by atoms with Gasteiger partial charge in [0, 0.05) is 24.3 Å². The van der Waals surface area contributed by atoms with Crippen LogP contribution in [0, 0.1) is 13.8 Å². The Morgan fingerprint density at radius 1 is 0.679 bits per heavy atom. The molecule has 0 aliphatic carbocycles. The minimum Gasteiger partial charge on any atom is -0.456 e. The van der Waals surface area contributed by atoms with E-state index in [1.807, 2.05) is 0 Å². The largest absolute Gasteiger partial charge is 0.456 e. The van der Waals surface area contributed by atoms with Gasteiger partial charge in [0.1, 0.15) is 11.5 Å². The molecular weight excluding hydrogens is 344 g/mol. The summed E-state index contributed by atoms with van der Waals surface area (Å²) in [6, 6.07) is 21.9. The Labute approximate surface area is 163 Å². The number of fused-ring (bicyclic) bond motifs is 4. The molecule has 28 heavy (non-hydrogen) atoms. The number of aromatic nitrogens is 2. The molecular formula is C25H18N2O+2. The highest BCUT2D eigenvalue weighted by atomic mass is 16.5. The van der Waals surface area contributed by atoms with E-state index in [1.165, 1.54) is 44.8 Å². The molecule has 0 amide bonds. The van der Waals surface area contributed by atoms with E-state index in [4.69, 9.17) is 4.74 Å². The maximum absolute atomic E-state index is 6.50. The van der Waals surface area contributed by atoms with E-state index in [1.54, 1.807) is 0 Å². The van der Waals surface area contributed by atoms with Crippen LogP contribution in [0.5, 0.6) is 11.5 Å². The average Bonchev–Trinajstić information content (AvgIpc) is 3.15. The SMILES string of the molecule is Cc1cc2c3c(c1)-c1cc(C)cc[n+]1C31c3c(cccc3-c3cccc[n+]31)O2. The van der Waals surface area contributed by atoms with Crippen LogP contribution in [0.1, 0.15) is 22.3 Å². The Kier molecular flexibility index (Phi) is 2.34. The van der Waals surface area contributed by atoms with E-state index in [9.17, 15) is 0 Å². The number of pyridine rings is 2. The second-order valence-corrected chi connectivity index (χ2v) is 8.05.